The number of carbonyl (C=O) groups is 2. The molecule has 1 saturated heterocycles. The third kappa shape index (κ3) is 2.46. The van der Waals surface area contributed by atoms with Gasteiger partial charge in [-0.25, -0.2) is 0 Å². The van der Waals surface area contributed by atoms with Crippen molar-refractivity contribution in [2.75, 3.05) is 14.2 Å². The van der Waals surface area contributed by atoms with Crippen LogP contribution in [0.15, 0.2) is 42.5 Å². The van der Waals surface area contributed by atoms with Gasteiger partial charge in [-0.1, -0.05) is 36.4 Å². The number of amides is 2. The maximum atomic E-state index is 13.1. The molecule has 1 aliphatic heterocycles. The predicted molar refractivity (Wildman–Crippen MR) is 96.1 cm³/mol. The van der Waals surface area contributed by atoms with Gasteiger partial charge < -0.3 is 9.47 Å². The molecule has 2 unspecified atom stereocenters. The average molecular weight is 351 g/mol. The lowest BCUT2D eigenvalue weighted by Gasteiger charge is -2.27. The van der Waals surface area contributed by atoms with E-state index < -0.39 is 5.92 Å². The summed E-state index contributed by atoms with van der Waals surface area (Å²) in [5.74, 6) is 0.445. The van der Waals surface area contributed by atoms with E-state index in [2.05, 4.69) is 0 Å². The lowest BCUT2D eigenvalue weighted by atomic mass is 9.76. The molecule has 2 aromatic rings. The molecule has 4 rings (SSSR count). The number of methoxy groups -OCH3 is 2. The van der Waals surface area contributed by atoms with Crippen LogP contribution in [0.2, 0.25) is 0 Å². The van der Waals surface area contributed by atoms with Gasteiger partial charge in [-0.2, -0.15) is 0 Å². The van der Waals surface area contributed by atoms with Crippen molar-refractivity contribution in [1.29, 1.82) is 0 Å². The fourth-order valence-corrected chi connectivity index (χ4v) is 4.21. The highest BCUT2D eigenvalue weighted by Crippen LogP contribution is 2.48. The topological polar surface area (TPSA) is 55.8 Å². The van der Waals surface area contributed by atoms with Crippen LogP contribution in [0.4, 0.5) is 0 Å². The van der Waals surface area contributed by atoms with Gasteiger partial charge in [0.2, 0.25) is 11.8 Å². The second-order valence-electron chi connectivity index (χ2n) is 6.74. The van der Waals surface area contributed by atoms with Crippen LogP contribution >= 0.6 is 0 Å². The summed E-state index contributed by atoms with van der Waals surface area (Å²) in [6.07, 6.45) is 1.35. The van der Waals surface area contributed by atoms with E-state index >= 15 is 0 Å². The van der Waals surface area contributed by atoms with Gasteiger partial charge in [-0.15, -0.1) is 0 Å². The zero-order valence-electron chi connectivity index (χ0n) is 14.9. The number of carbonyl (C=O) groups excluding carboxylic acids is 2. The van der Waals surface area contributed by atoms with Crippen molar-refractivity contribution in [3.8, 4) is 11.5 Å². The number of fused-ring (bicyclic) bond motifs is 3. The largest absolute Gasteiger partial charge is 0.493 e. The van der Waals surface area contributed by atoms with E-state index in [1.54, 1.807) is 14.2 Å². The molecule has 0 saturated carbocycles. The van der Waals surface area contributed by atoms with Crippen molar-refractivity contribution < 1.29 is 19.1 Å². The Kier molecular flexibility index (Phi) is 4.15. The first-order valence-corrected chi connectivity index (χ1v) is 8.78. The SMILES string of the molecule is COc1ccc2c(c1OC)CCC1C(=O)N(Cc3ccccc3)C(=O)C21. The van der Waals surface area contributed by atoms with Gasteiger partial charge >= 0.3 is 0 Å². The lowest BCUT2D eigenvalue weighted by molar-refractivity contribution is -0.140. The maximum Gasteiger partial charge on any atom is 0.237 e. The van der Waals surface area contributed by atoms with E-state index in [1.807, 2.05) is 42.5 Å². The highest BCUT2D eigenvalue weighted by molar-refractivity contribution is 6.08. The molecule has 1 aliphatic carbocycles. The molecule has 2 amide bonds. The van der Waals surface area contributed by atoms with Gasteiger partial charge in [0.05, 0.1) is 32.6 Å². The van der Waals surface area contributed by atoms with Crippen molar-refractivity contribution in [3.63, 3.8) is 0 Å². The van der Waals surface area contributed by atoms with Crippen molar-refractivity contribution in [2.45, 2.75) is 25.3 Å². The van der Waals surface area contributed by atoms with Gasteiger partial charge in [0.1, 0.15) is 0 Å². The Morgan fingerprint density at radius 1 is 1.00 bits per heavy atom. The summed E-state index contributed by atoms with van der Waals surface area (Å²) in [7, 11) is 3.20. The molecule has 0 spiro atoms. The number of nitrogens with zero attached hydrogens (tertiary/aromatic N) is 1. The van der Waals surface area contributed by atoms with Crippen LogP contribution in [0.3, 0.4) is 0 Å². The Balaban J connectivity index is 1.71. The van der Waals surface area contributed by atoms with Crippen LogP contribution < -0.4 is 9.47 Å². The molecular formula is C21H21NO4. The van der Waals surface area contributed by atoms with Crippen LogP contribution in [0.5, 0.6) is 11.5 Å². The normalized spacial score (nSPS) is 21.4. The monoisotopic (exact) mass is 351 g/mol. The van der Waals surface area contributed by atoms with Crippen LogP contribution in [0.1, 0.15) is 29.0 Å². The second-order valence-corrected chi connectivity index (χ2v) is 6.74. The average Bonchev–Trinajstić information content (AvgIpc) is 2.92. The zero-order valence-corrected chi connectivity index (χ0v) is 14.9. The Morgan fingerprint density at radius 2 is 1.77 bits per heavy atom. The summed E-state index contributed by atoms with van der Waals surface area (Å²) in [6.45, 7) is 0.328. The molecule has 2 aromatic carbocycles. The molecule has 1 fully saturated rings. The van der Waals surface area contributed by atoms with Crippen LogP contribution in [0, 0.1) is 5.92 Å². The molecule has 26 heavy (non-hydrogen) atoms. The fraction of sp³-hybridized carbons (Fsp3) is 0.333. The Morgan fingerprint density at radius 3 is 2.46 bits per heavy atom. The second kappa shape index (κ2) is 6.48. The maximum absolute atomic E-state index is 13.1. The van der Waals surface area contributed by atoms with E-state index in [4.69, 9.17) is 9.47 Å². The molecule has 0 radical (unpaired) electrons. The minimum Gasteiger partial charge on any atom is -0.493 e. The van der Waals surface area contributed by atoms with Crippen molar-refractivity contribution in [3.05, 3.63) is 59.2 Å². The van der Waals surface area contributed by atoms with Gasteiger partial charge in [0.15, 0.2) is 11.5 Å². The van der Waals surface area contributed by atoms with Crippen molar-refractivity contribution in [2.24, 2.45) is 5.92 Å². The number of ether oxygens (including phenoxy) is 2. The number of likely N-dealkylation sites (tertiary alicyclic amines) is 1. The molecular weight excluding hydrogens is 330 g/mol. The Bertz CT molecular complexity index is 862. The molecule has 5 heteroatoms. The molecule has 134 valence electrons. The van der Waals surface area contributed by atoms with E-state index in [-0.39, 0.29) is 17.7 Å². The molecule has 0 aromatic heterocycles. The van der Waals surface area contributed by atoms with E-state index in [1.165, 1.54) is 4.90 Å². The first kappa shape index (κ1) is 16.6. The first-order valence-electron chi connectivity index (χ1n) is 8.78. The summed E-state index contributed by atoms with van der Waals surface area (Å²) in [5.41, 5.74) is 2.84. The molecule has 5 nitrogen and oxygen atoms in total. The third-order valence-electron chi connectivity index (χ3n) is 5.43. The Hall–Kier alpha value is -2.82. The Labute approximate surface area is 152 Å². The molecule has 1 heterocycles. The predicted octanol–water partition coefficient (Wildman–Crippen LogP) is 2.92. The van der Waals surface area contributed by atoms with Crippen LogP contribution in [-0.2, 0) is 22.6 Å². The number of hydrogen-bond acceptors (Lipinski definition) is 4. The number of hydrogen-bond donors (Lipinski definition) is 0. The van der Waals surface area contributed by atoms with Crippen molar-refractivity contribution >= 4 is 11.8 Å². The van der Waals surface area contributed by atoms with Crippen LogP contribution in [-0.4, -0.2) is 30.9 Å². The third-order valence-corrected chi connectivity index (χ3v) is 5.43. The smallest absolute Gasteiger partial charge is 0.237 e. The molecule has 2 atom stereocenters. The van der Waals surface area contributed by atoms with Gasteiger partial charge in [-0.05, 0) is 30.0 Å². The van der Waals surface area contributed by atoms with E-state index in [9.17, 15) is 9.59 Å². The number of benzene rings is 2. The number of imide groups is 1. The molecule has 0 N–H and O–H groups in total. The summed E-state index contributed by atoms with van der Waals surface area (Å²) in [4.78, 5) is 27.4. The number of rotatable bonds is 4. The summed E-state index contributed by atoms with van der Waals surface area (Å²) in [6, 6.07) is 13.4. The fourth-order valence-electron chi connectivity index (χ4n) is 4.21. The van der Waals surface area contributed by atoms with Crippen molar-refractivity contribution in [1.82, 2.24) is 4.90 Å². The first-order chi connectivity index (χ1) is 12.7. The standard InChI is InChI=1S/C21H21NO4/c1-25-17-11-10-14-15(19(17)26-2)8-9-16-18(14)21(24)22(20(16)23)12-13-6-4-3-5-7-13/h3-7,10-11,16,18H,8-9,12H2,1-2H3. The summed E-state index contributed by atoms with van der Waals surface area (Å²) >= 11 is 0. The lowest BCUT2D eigenvalue weighted by Crippen LogP contribution is -2.30. The van der Waals surface area contributed by atoms with E-state index in [0.29, 0.717) is 30.9 Å². The minimum atomic E-state index is -0.422. The molecule has 2 aliphatic rings. The summed E-state index contributed by atoms with van der Waals surface area (Å²) in [5, 5.41) is 0. The highest BCUT2D eigenvalue weighted by Gasteiger charge is 2.50. The quantitative estimate of drug-likeness (QED) is 0.795. The summed E-state index contributed by atoms with van der Waals surface area (Å²) < 4.78 is 10.9. The molecule has 0 bridgehead atoms. The van der Waals surface area contributed by atoms with Gasteiger partial charge in [-0.3, -0.25) is 14.5 Å². The van der Waals surface area contributed by atoms with Gasteiger partial charge in [0.25, 0.3) is 0 Å². The zero-order chi connectivity index (χ0) is 18.3. The van der Waals surface area contributed by atoms with E-state index in [0.717, 1.165) is 16.7 Å². The van der Waals surface area contributed by atoms with Crippen LogP contribution in [0.25, 0.3) is 0 Å². The minimum absolute atomic E-state index is 0.0655. The highest BCUT2D eigenvalue weighted by atomic mass is 16.5. The van der Waals surface area contributed by atoms with Gasteiger partial charge in [0, 0.05) is 5.56 Å².